The summed E-state index contributed by atoms with van der Waals surface area (Å²) < 4.78 is 6.40. The number of hydrogen-bond donors (Lipinski definition) is 2. The van der Waals surface area contributed by atoms with Gasteiger partial charge in [-0.1, -0.05) is 19.3 Å². The van der Waals surface area contributed by atoms with Crippen molar-refractivity contribution < 1.29 is 13.9 Å². The molecule has 5 rings (SSSR count). The normalized spacial score (nSPS) is 18.0. The van der Waals surface area contributed by atoms with Crippen LogP contribution >= 0.6 is 0 Å². The summed E-state index contributed by atoms with van der Waals surface area (Å²) >= 11 is 0. The smallest absolute Gasteiger partial charge is 0.258 e. The maximum absolute atomic E-state index is 13.5. The highest BCUT2D eigenvalue weighted by atomic mass is 16.5. The van der Waals surface area contributed by atoms with E-state index in [1.807, 2.05) is 6.92 Å². The molecule has 3 N–H and O–H groups in total. The van der Waals surface area contributed by atoms with Gasteiger partial charge in [0.2, 0.25) is 11.4 Å². The summed E-state index contributed by atoms with van der Waals surface area (Å²) in [6, 6.07) is 1.72. The zero-order valence-corrected chi connectivity index (χ0v) is 14.9. The van der Waals surface area contributed by atoms with E-state index in [0.29, 0.717) is 33.6 Å². The summed E-state index contributed by atoms with van der Waals surface area (Å²) in [5.41, 5.74) is 8.85. The van der Waals surface area contributed by atoms with Crippen molar-refractivity contribution in [1.29, 1.82) is 0 Å². The van der Waals surface area contributed by atoms with Crippen molar-refractivity contribution in [3.8, 4) is 11.3 Å². The quantitative estimate of drug-likeness (QED) is 0.504. The first-order chi connectivity index (χ1) is 13.0. The highest BCUT2D eigenvalue weighted by molar-refractivity contribution is 6.01. The Morgan fingerprint density at radius 1 is 1.30 bits per heavy atom. The first-order valence-electron chi connectivity index (χ1n) is 9.10. The number of nitrogens with two attached hydrogens (primary N) is 1. The molecule has 1 fully saturated rings. The predicted molar refractivity (Wildman–Crippen MR) is 97.6 cm³/mol. The number of nitrogens with one attached hydrogen (secondary N) is 1. The molecule has 2 aliphatic rings. The highest BCUT2D eigenvalue weighted by Gasteiger charge is 2.51. The summed E-state index contributed by atoms with van der Waals surface area (Å²) in [6.07, 6.45) is 7.47. The molecule has 0 aromatic carbocycles. The van der Waals surface area contributed by atoms with Gasteiger partial charge in [0.15, 0.2) is 11.4 Å². The minimum atomic E-state index is -0.583. The number of nitrogen functional groups attached to an aromatic ring is 1. The van der Waals surface area contributed by atoms with Crippen LogP contribution in [0.2, 0.25) is 0 Å². The molecule has 138 valence electrons. The van der Waals surface area contributed by atoms with Gasteiger partial charge in [0, 0.05) is 6.07 Å². The molecular formula is C19H19N5O3. The first-order valence-corrected chi connectivity index (χ1v) is 9.10. The molecule has 0 atom stereocenters. The minimum Gasteiger partial charge on any atom is -0.618 e. The standard InChI is InChI=1S/C19H19N5O3/c1-10-7-12(11-8-27-15-14(11)21-9-22-17(15)20)24(26)16-13(10)18(25)23-19(16)5-3-2-4-6-19/h7-9H,2-6H2,1H3,(H,23,25)(H2,20,21,22). The van der Waals surface area contributed by atoms with Gasteiger partial charge < -0.3 is 20.7 Å². The van der Waals surface area contributed by atoms with Crippen LogP contribution in [0.1, 0.15) is 53.7 Å². The number of pyridine rings is 1. The number of fused-ring (bicyclic) bond motifs is 3. The number of amides is 1. The molecule has 8 heteroatoms. The molecule has 4 heterocycles. The zero-order valence-electron chi connectivity index (χ0n) is 14.9. The van der Waals surface area contributed by atoms with Crippen LogP contribution in [0.4, 0.5) is 5.82 Å². The van der Waals surface area contributed by atoms with Crippen LogP contribution in [0, 0.1) is 12.1 Å². The maximum Gasteiger partial charge on any atom is 0.258 e. The van der Waals surface area contributed by atoms with E-state index < -0.39 is 5.54 Å². The minimum absolute atomic E-state index is 0.163. The number of aryl methyl sites for hydroxylation is 1. The second kappa shape index (κ2) is 5.42. The van der Waals surface area contributed by atoms with E-state index in [0.717, 1.165) is 42.4 Å². The fraction of sp³-hybridized carbons (Fsp3) is 0.368. The summed E-state index contributed by atoms with van der Waals surface area (Å²) in [7, 11) is 0. The highest BCUT2D eigenvalue weighted by Crippen LogP contribution is 2.43. The largest absolute Gasteiger partial charge is 0.618 e. The van der Waals surface area contributed by atoms with Gasteiger partial charge in [0.05, 0.1) is 0 Å². The Hall–Kier alpha value is -3.16. The molecule has 1 amide bonds. The molecule has 3 aromatic heterocycles. The van der Waals surface area contributed by atoms with Crippen molar-refractivity contribution >= 4 is 22.8 Å². The molecule has 3 aromatic rings. The summed E-state index contributed by atoms with van der Waals surface area (Å²) in [4.78, 5) is 20.8. The van der Waals surface area contributed by atoms with E-state index in [1.165, 1.54) is 12.6 Å². The monoisotopic (exact) mass is 365 g/mol. The van der Waals surface area contributed by atoms with Crippen molar-refractivity contribution in [2.45, 2.75) is 44.6 Å². The van der Waals surface area contributed by atoms with E-state index in [9.17, 15) is 10.0 Å². The Kier molecular flexibility index (Phi) is 3.22. The van der Waals surface area contributed by atoms with Crippen molar-refractivity contribution in [2.24, 2.45) is 0 Å². The van der Waals surface area contributed by atoms with Gasteiger partial charge in [-0.05, 0) is 25.3 Å². The van der Waals surface area contributed by atoms with Crippen LogP contribution in [0.25, 0.3) is 22.4 Å². The lowest BCUT2D eigenvalue weighted by Gasteiger charge is -2.32. The fourth-order valence-corrected chi connectivity index (χ4v) is 4.56. The molecule has 1 saturated carbocycles. The fourth-order valence-electron chi connectivity index (χ4n) is 4.56. The van der Waals surface area contributed by atoms with Crippen LogP contribution in [-0.4, -0.2) is 15.9 Å². The van der Waals surface area contributed by atoms with E-state index in [-0.39, 0.29) is 11.7 Å². The van der Waals surface area contributed by atoms with Crippen LogP contribution in [0.15, 0.2) is 23.1 Å². The van der Waals surface area contributed by atoms with Crippen LogP contribution < -0.4 is 15.8 Å². The van der Waals surface area contributed by atoms with Gasteiger partial charge >= 0.3 is 0 Å². The summed E-state index contributed by atoms with van der Waals surface area (Å²) in [5.74, 6) is 0.0614. The third-order valence-corrected chi connectivity index (χ3v) is 5.80. The molecule has 0 radical (unpaired) electrons. The molecule has 27 heavy (non-hydrogen) atoms. The lowest BCUT2D eigenvalue weighted by molar-refractivity contribution is -0.607. The van der Waals surface area contributed by atoms with Crippen molar-refractivity contribution in [2.75, 3.05) is 5.73 Å². The average molecular weight is 365 g/mol. The Bertz CT molecular complexity index is 1100. The molecule has 0 saturated heterocycles. The maximum atomic E-state index is 13.5. The number of furan rings is 1. The van der Waals surface area contributed by atoms with Gasteiger partial charge in [-0.2, -0.15) is 4.73 Å². The predicted octanol–water partition coefficient (Wildman–Crippen LogP) is 2.32. The van der Waals surface area contributed by atoms with E-state index >= 15 is 0 Å². The Labute approximate surface area is 155 Å². The van der Waals surface area contributed by atoms with Gasteiger partial charge in [-0.3, -0.25) is 4.79 Å². The van der Waals surface area contributed by atoms with Gasteiger partial charge in [0.1, 0.15) is 34.8 Å². The lowest BCUT2D eigenvalue weighted by Crippen LogP contribution is -2.49. The van der Waals surface area contributed by atoms with E-state index in [2.05, 4.69) is 15.3 Å². The van der Waals surface area contributed by atoms with E-state index in [1.54, 1.807) is 6.07 Å². The van der Waals surface area contributed by atoms with E-state index in [4.69, 9.17) is 10.2 Å². The van der Waals surface area contributed by atoms with Gasteiger partial charge in [-0.25, -0.2) is 9.97 Å². The van der Waals surface area contributed by atoms with Crippen molar-refractivity contribution in [1.82, 2.24) is 15.3 Å². The average Bonchev–Trinajstić information content (AvgIpc) is 3.20. The molecule has 0 unspecified atom stereocenters. The second-order valence-corrected chi connectivity index (χ2v) is 7.41. The van der Waals surface area contributed by atoms with Crippen LogP contribution in [0.3, 0.4) is 0 Å². The lowest BCUT2D eigenvalue weighted by atomic mass is 9.79. The third kappa shape index (κ3) is 2.09. The number of anilines is 1. The zero-order chi connectivity index (χ0) is 18.8. The number of carbonyl (C=O) groups is 1. The number of nitrogens with zero attached hydrogens (tertiary/aromatic N) is 3. The van der Waals surface area contributed by atoms with Crippen LogP contribution in [0.5, 0.6) is 0 Å². The molecule has 0 bridgehead atoms. The molecule has 1 aliphatic carbocycles. The molecular weight excluding hydrogens is 346 g/mol. The number of carbonyl (C=O) groups excluding carboxylic acids is 1. The van der Waals surface area contributed by atoms with Gasteiger partial charge in [0.25, 0.3) is 5.91 Å². The Morgan fingerprint density at radius 3 is 2.85 bits per heavy atom. The van der Waals surface area contributed by atoms with Crippen molar-refractivity contribution in [3.63, 3.8) is 0 Å². The van der Waals surface area contributed by atoms with Crippen molar-refractivity contribution in [3.05, 3.63) is 40.7 Å². The second-order valence-electron chi connectivity index (χ2n) is 7.41. The SMILES string of the molecule is Cc1cc(-c2coc3c(N)ncnc23)[n+]([O-])c2c1C(=O)NC21CCCCC1. The number of hydrogen-bond acceptors (Lipinski definition) is 6. The summed E-state index contributed by atoms with van der Waals surface area (Å²) in [5, 5.41) is 16.6. The number of rotatable bonds is 1. The van der Waals surface area contributed by atoms with Gasteiger partial charge in [-0.15, -0.1) is 0 Å². The summed E-state index contributed by atoms with van der Waals surface area (Å²) in [6.45, 7) is 1.86. The molecule has 1 aliphatic heterocycles. The first kappa shape index (κ1) is 16.0. The third-order valence-electron chi connectivity index (χ3n) is 5.80. The number of aromatic nitrogens is 3. The Balaban J connectivity index is 1.79. The Morgan fingerprint density at radius 2 is 2.07 bits per heavy atom. The molecule has 1 spiro atoms. The topological polar surface area (TPSA) is 121 Å². The van der Waals surface area contributed by atoms with Crippen LogP contribution in [-0.2, 0) is 5.54 Å². The molecule has 8 nitrogen and oxygen atoms in total.